The number of ether oxygens (including phenoxy) is 1. The van der Waals surface area contributed by atoms with Crippen LogP contribution < -0.4 is 10.1 Å². The van der Waals surface area contributed by atoms with Crippen LogP contribution in [-0.2, 0) is 11.3 Å². The molecule has 2 N–H and O–H groups in total. The number of hydrogen-bond acceptors (Lipinski definition) is 5. The molecule has 0 heterocycles. The van der Waals surface area contributed by atoms with Gasteiger partial charge < -0.3 is 15.2 Å². The molecule has 0 aliphatic carbocycles. The minimum atomic E-state index is -0.934. The monoisotopic (exact) mass is 282 g/mol. The van der Waals surface area contributed by atoms with Crippen LogP contribution in [0, 0.1) is 10.1 Å². The number of carbonyl (C=O) groups is 1. The summed E-state index contributed by atoms with van der Waals surface area (Å²) < 4.78 is 5.12. The first-order valence-electron chi connectivity index (χ1n) is 6.27. The SMILES string of the molecule is CCCC(NCc1cc([N+](=O)[O-])ccc1OC)C(=O)O. The molecule has 7 heteroatoms. The third-order valence-corrected chi connectivity index (χ3v) is 2.89. The highest BCUT2D eigenvalue weighted by atomic mass is 16.6. The van der Waals surface area contributed by atoms with Gasteiger partial charge >= 0.3 is 5.97 Å². The highest BCUT2D eigenvalue weighted by molar-refractivity contribution is 5.73. The number of nitrogens with one attached hydrogen (secondary N) is 1. The Morgan fingerprint density at radius 1 is 1.55 bits per heavy atom. The second kappa shape index (κ2) is 7.44. The third kappa shape index (κ3) is 4.20. The second-order valence-electron chi connectivity index (χ2n) is 4.31. The lowest BCUT2D eigenvalue weighted by Gasteiger charge is -2.15. The molecule has 110 valence electrons. The van der Waals surface area contributed by atoms with E-state index in [4.69, 9.17) is 9.84 Å². The number of nitrogens with zero attached hydrogens (tertiary/aromatic N) is 1. The van der Waals surface area contributed by atoms with E-state index >= 15 is 0 Å². The number of hydrogen-bond donors (Lipinski definition) is 2. The molecule has 1 aromatic rings. The molecule has 0 spiro atoms. The number of benzene rings is 1. The van der Waals surface area contributed by atoms with Gasteiger partial charge in [0.15, 0.2) is 0 Å². The molecule has 0 aliphatic rings. The summed E-state index contributed by atoms with van der Waals surface area (Å²) in [7, 11) is 1.46. The average molecular weight is 282 g/mol. The zero-order valence-corrected chi connectivity index (χ0v) is 11.5. The maximum atomic E-state index is 11.0. The van der Waals surface area contributed by atoms with Gasteiger partial charge in [0.25, 0.3) is 5.69 Å². The van der Waals surface area contributed by atoms with E-state index in [1.54, 1.807) is 0 Å². The maximum Gasteiger partial charge on any atom is 0.320 e. The number of nitro benzene ring substituents is 1. The lowest BCUT2D eigenvalue weighted by atomic mass is 10.1. The van der Waals surface area contributed by atoms with E-state index in [-0.39, 0.29) is 12.2 Å². The first kappa shape index (κ1) is 15.9. The van der Waals surface area contributed by atoms with Crippen molar-refractivity contribution in [2.75, 3.05) is 7.11 Å². The standard InChI is InChI=1S/C13H18N2O5/c1-3-4-11(13(16)17)14-8-9-7-10(15(18)19)5-6-12(9)20-2/h5-7,11,14H,3-4,8H2,1-2H3,(H,16,17). The summed E-state index contributed by atoms with van der Waals surface area (Å²) in [5, 5.41) is 22.7. The van der Waals surface area contributed by atoms with Gasteiger partial charge in [-0.3, -0.25) is 14.9 Å². The smallest absolute Gasteiger partial charge is 0.320 e. The molecule has 0 saturated heterocycles. The Morgan fingerprint density at radius 2 is 2.25 bits per heavy atom. The molecule has 0 aromatic heterocycles. The largest absolute Gasteiger partial charge is 0.496 e. The predicted molar refractivity (Wildman–Crippen MR) is 72.8 cm³/mol. The topological polar surface area (TPSA) is 102 Å². The molecule has 20 heavy (non-hydrogen) atoms. The summed E-state index contributed by atoms with van der Waals surface area (Å²) in [6, 6.07) is 3.56. The van der Waals surface area contributed by atoms with E-state index in [9.17, 15) is 14.9 Å². The van der Waals surface area contributed by atoms with Crippen LogP contribution in [0.4, 0.5) is 5.69 Å². The average Bonchev–Trinajstić information content (AvgIpc) is 2.42. The third-order valence-electron chi connectivity index (χ3n) is 2.89. The molecule has 1 rings (SSSR count). The molecule has 0 amide bonds. The molecular formula is C13H18N2O5. The van der Waals surface area contributed by atoms with Gasteiger partial charge in [-0.15, -0.1) is 0 Å². The molecule has 1 atom stereocenters. The van der Waals surface area contributed by atoms with Gasteiger partial charge in [-0.1, -0.05) is 13.3 Å². The summed E-state index contributed by atoms with van der Waals surface area (Å²) >= 11 is 0. The van der Waals surface area contributed by atoms with Gasteiger partial charge in [-0.25, -0.2) is 0 Å². The van der Waals surface area contributed by atoms with E-state index in [0.717, 1.165) is 6.42 Å². The number of methoxy groups -OCH3 is 1. The Balaban J connectivity index is 2.86. The van der Waals surface area contributed by atoms with E-state index in [2.05, 4.69) is 5.32 Å². The van der Waals surface area contributed by atoms with Crippen molar-refractivity contribution < 1.29 is 19.6 Å². The number of carboxylic acids is 1. The molecule has 0 radical (unpaired) electrons. The minimum absolute atomic E-state index is 0.0510. The fraction of sp³-hybridized carbons (Fsp3) is 0.462. The van der Waals surface area contributed by atoms with Crippen molar-refractivity contribution in [2.45, 2.75) is 32.4 Å². The lowest BCUT2D eigenvalue weighted by molar-refractivity contribution is -0.384. The van der Waals surface area contributed by atoms with E-state index in [0.29, 0.717) is 17.7 Å². The zero-order chi connectivity index (χ0) is 15.1. The van der Waals surface area contributed by atoms with Gasteiger partial charge in [-0.05, 0) is 12.5 Å². The highest BCUT2D eigenvalue weighted by Crippen LogP contribution is 2.24. The van der Waals surface area contributed by atoms with Gasteiger partial charge in [0.05, 0.1) is 12.0 Å². The molecule has 1 aromatic carbocycles. The zero-order valence-electron chi connectivity index (χ0n) is 11.5. The highest BCUT2D eigenvalue weighted by Gasteiger charge is 2.17. The quantitative estimate of drug-likeness (QED) is 0.558. The van der Waals surface area contributed by atoms with Crippen LogP contribution in [0.1, 0.15) is 25.3 Å². The van der Waals surface area contributed by atoms with Gasteiger partial charge in [0.1, 0.15) is 11.8 Å². The van der Waals surface area contributed by atoms with E-state index in [1.807, 2.05) is 6.92 Å². The molecule has 0 aliphatic heterocycles. The van der Waals surface area contributed by atoms with Crippen LogP contribution in [0.5, 0.6) is 5.75 Å². The number of aliphatic carboxylic acids is 1. The summed E-state index contributed by atoms with van der Waals surface area (Å²) in [6.07, 6.45) is 1.22. The molecule has 0 saturated carbocycles. The van der Waals surface area contributed by atoms with Gasteiger partial charge in [0.2, 0.25) is 0 Å². The van der Waals surface area contributed by atoms with E-state index < -0.39 is 16.9 Å². The van der Waals surface area contributed by atoms with Crippen molar-refractivity contribution in [3.63, 3.8) is 0 Å². The van der Waals surface area contributed by atoms with Crippen LogP contribution in [0.15, 0.2) is 18.2 Å². The number of nitro groups is 1. The first-order valence-corrected chi connectivity index (χ1v) is 6.27. The van der Waals surface area contributed by atoms with Crippen molar-refractivity contribution >= 4 is 11.7 Å². The molecular weight excluding hydrogens is 264 g/mol. The van der Waals surface area contributed by atoms with Crippen LogP contribution in [0.3, 0.4) is 0 Å². The Kier molecular flexibility index (Phi) is 5.92. The van der Waals surface area contributed by atoms with E-state index in [1.165, 1.54) is 25.3 Å². The Hall–Kier alpha value is -2.15. The normalized spacial score (nSPS) is 11.9. The summed E-state index contributed by atoms with van der Waals surface area (Å²) in [5.41, 5.74) is 0.508. The summed E-state index contributed by atoms with van der Waals surface area (Å²) in [5.74, 6) is -0.444. The number of non-ortho nitro benzene ring substituents is 1. The van der Waals surface area contributed by atoms with Crippen LogP contribution in [0.2, 0.25) is 0 Å². The van der Waals surface area contributed by atoms with Crippen LogP contribution in [0.25, 0.3) is 0 Å². The van der Waals surface area contributed by atoms with Crippen LogP contribution >= 0.6 is 0 Å². The lowest BCUT2D eigenvalue weighted by Crippen LogP contribution is -2.36. The second-order valence-corrected chi connectivity index (χ2v) is 4.31. The van der Waals surface area contributed by atoms with Gasteiger partial charge in [0, 0.05) is 24.2 Å². The predicted octanol–water partition coefficient (Wildman–Crippen LogP) is 1.95. The van der Waals surface area contributed by atoms with Crippen molar-refractivity contribution in [3.8, 4) is 5.75 Å². The Bertz CT molecular complexity index is 490. The van der Waals surface area contributed by atoms with Crippen molar-refractivity contribution in [3.05, 3.63) is 33.9 Å². The molecule has 0 fully saturated rings. The Morgan fingerprint density at radius 3 is 2.75 bits per heavy atom. The molecule has 1 unspecified atom stereocenters. The van der Waals surface area contributed by atoms with Crippen molar-refractivity contribution in [1.29, 1.82) is 0 Å². The summed E-state index contributed by atoms with van der Waals surface area (Å²) in [4.78, 5) is 21.3. The van der Waals surface area contributed by atoms with Crippen molar-refractivity contribution in [2.24, 2.45) is 0 Å². The number of carboxylic acid groups (broad SMARTS) is 1. The number of rotatable bonds is 8. The fourth-order valence-electron chi connectivity index (χ4n) is 1.85. The summed E-state index contributed by atoms with van der Waals surface area (Å²) in [6.45, 7) is 2.09. The van der Waals surface area contributed by atoms with Crippen LogP contribution in [-0.4, -0.2) is 29.2 Å². The molecule has 7 nitrogen and oxygen atoms in total. The van der Waals surface area contributed by atoms with Gasteiger partial charge in [-0.2, -0.15) is 0 Å². The van der Waals surface area contributed by atoms with Crippen molar-refractivity contribution in [1.82, 2.24) is 5.32 Å². The molecule has 0 bridgehead atoms. The Labute approximate surface area is 116 Å². The fourth-order valence-corrected chi connectivity index (χ4v) is 1.85. The first-order chi connectivity index (χ1) is 9.49. The minimum Gasteiger partial charge on any atom is -0.496 e. The maximum absolute atomic E-state index is 11.0.